The smallest absolute Gasteiger partial charge is 0.331 e. The van der Waals surface area contributed by atoms with Crippen molar-refractivity contribution in [1.29, 1.82) is 0 Å². The van der Waals surface area contributed by atoms with Crippen LogP contribution in [-0.2, 0) is 16.0 Å². The lowest BCUT2D eigenvalue weighted by molar-refractivity contribution is -0.137. The number of fused-ring (bicyclic) bond motifs is 2. The number of esters is 1. The number of benzene rings is 2. The minimum absolute atomic E-state index is 0.0651. The summed E-state index contributed by atoms with van der Waals surface area (Å²) in [6.07, 6.45) is 1.83. The normalized spacial score (nSPS) is 15.0. The second kappa shape index (κ2) is 5.98. The van der Waals surface area contributed by atoms with Crippen LogP contribution in [0.3, 0.4) is 0 Å². The first-order valence-corrected chi connectivity index (χ1v) is 7.30. The van der Waals surface area contributed by atoms with E-state index in [0.717, 1.165) is 22.3 Å². The van der Waals surface area contributed by atoms with Gasteiger partial charge in [0.05, 0.1) is 6.61 Å². The van der Waals surface area contributed by atoms with Gasteiger partial charge in [-0.2, -0.15) is 0 Å². The Labute approximate surface area is 129 Å². The van der Waals surface area contributed by atoms with Crippen molar-refractivity contribution in [2.24, 2.45) is 0 Å². The Balaban J connectivity index is 2.24. The summed E-state index contributed by atoms with van der Waals surface area (Å²) in [6, 6.07) is 15.1. The molecule has 0 heterocycles. The molecule has 110 valence electrons. The average molecular weight is 292 g/mol. The fraction of sp³-hybridized carbons (Fsp3) is 0.158. The molecule has 0 atom stereocenters. The minimum atomic E-state index is -0.392. The maximum atomic E-state index is 12.5. The van der Waals surface area contributed by atoms with Crippen LogP contribution in [-0.4, -0.2) is 18.4 Å². The summed E-state index contributed by atoms with van der Waals surface area (Å²) in [4.78, 5) is 24.4. The van der Waals surface area contributed by atoms with E-state index in [1.54, 1.807) is 6.92 Å². The van der Waals surface area contributed by atoms with Gasteiger partial charge >= 0.3 is 5.97 Å². The van der Waals surface area contributed by atoms with Crippen LogP contribution in [0.5, 0.6) is 0 Å². The lowest BCUT2D eigenvalue weighted by Gasteiger charge is -2.10. The standard InChI is InChI=1S/C19H16O3/c1-2-22-19(21)12-17-14-8-4-3-7-13(14)11-18(20)16-10-6-5-9-15(16)17/h3-10,12H,2,11H2,1H3/b17-12+. The molecule has 0 unspecified atom stereocenters. The van der Waals surface area contributed by atoms with Crippen molar-refractivity contribution in [3.05, 3.63) is 76.9 Å². The zero-order valence-corrected chi connectivity index (χ0v) is 12.3. The Morgan fingerprint density at radius 1 is 1.05 bits per heavy atom. The van der Waals surface area contributed by atoms with Crippen molar-refractivity contribution in [2.75, 3.05) is 6.61 Å². The molecule has 0 radical (unpaired) electrons. The van der Waals surface area contributed by atoms with E-state index < -0.39 is 5.97 Å². The van der Waals surface area contributed by atoms with E-state index in [9.17, 15) is 9.59 Å². The molecule has 3 nitrogen and oxygen atoms in total. The van der Waals surface area contributed by atoms with Crippen LogP contribution in [0.2, 0.25) is 0 Å². The summed E-state index contributed by atoms with van der Waals surface area (Å²) < 4.78 is 5.04. The van der Waals surface area contributed by atoms with Crippen LogP contribution in [0, 0.1) is 0 Å². The third-order valence-electron chi connectivity index (χ3n) is 3.72. The molecule has 1 aliphatic carbocycles. The molecule has 3 heteroatoms. The van der Waals surface area contributed by atoms with Gasteiger partial charge in [-0.1, -0.05) is 48.5 Å². The number of carbonyl (C=O) groups excluding carboxylic acids is 2. The monoisotopic (exact) mass is 292 g/mol. The van der Waals surface area contributed by atoms with E-state index in [2.05, 4.69) is 0 Å². The van der Waals surface area contributed by atoms with Crippen LogP contribution in [0.15, 0.2) is 54.6 Å². The second-order valence-corrected chi connectivity index (χ2v) is 5.11. The molecule has 0 aromatic heterocycles. The summed E-state index contributed by atoms with van der Waals surface area (Å²) in [6.45, 7) is 2.10. The highest BCUT2D eigenvalue weighted by atomic mass is 16.5. The van der Waals surface area contributed by atoms with Crippen LogP contribution < -0.4 is 0 Å². The summed E-state index contributed by atoms with van der Waals surface area (Å²) >= 11 is 0. The Morgan fingerprint density at radius 2 is 1.68 bits per heavy atom. The van der Waals surface area contributed by atoms with Crippen LogP contribution in [0.1, 0.15) is 34.0 Å². The van der Waals surface area contributed by atoms with Crippen molar-refractivity contribution in [2.45, 2.75) is 13.3 Å². The number of Topliss-reactive ketones (excluding diaryl/α,β-unsaturated/α-hetero) is 1. The highest BCUT2D eigenvalue weighted by molar-refractivity contribution is 6.08. The van der Waals surface area contributed by atoms with Gasteiger partial charge in [0.1, 0.15) is 0 Å². The first kappa shape index (κ1) is 14.3. The molecule has 2 aromatic carbocycles. The van der Waals surface area contributed by atoms with E-state index >= 15 is 0 Å². The molecular weight excluding hydrogens is 276 g/mol. The van der Waals surface area contributed by atoms with Crippen molar-refractivity contribution < 1.29 is 14.3 Å². The minimum Gasteiger partial charge on any atom is -0.463 e. The predicted molar refractivity (Wildman–Crippen MR) is 84.6 cm³/mol. The van der Waals surface area contributed by atoms with Crippen molar-refractivity contribution in [3.63, 3.8) is 0 Å². The first-order valence-electron chi connectivity index (χ1n) is 7.30. The molecule has 0 aliphatic heterocycles. The zero-order chi connectivity index (χ0) is 15.5. The zero-order valence-electron chi connectivity index (χ0n) is 12.3. The van der Waals surface area contributed by atoms with Crippen molar-refractivity contribution in [1.82, 2.24) is 0 Å². The van der Waals surface area contributed by atoms with Crippen LogP contribution in [0.4, 0.5) is 0 Å². The lowest BCUT2D eigenvalue weighted by atomic mass is 9.94. The van der Waals surface area contributed by atoms with Gasteiger partial charge < -0.3 is 4.74 Å². The number of hydrogen-bond donors (Lipinski definition) is 0. The maximum absolute atomic E-state index is 12.5. The van der Waals surface area contributed by atoms with Gasteiger partial charge in [0.25, 0.3) is 0 Å². The fourth-order valence-electron chi connectivity index (χ4n) is 2.77. The fourth-order valence-corrected chi connectivity index (χ4v) is 2.77. The Bertz CT molecular complexity index is 772. The van der Waals surface area contributed by atoms with Gasteiger partial charge in [0.2, 0.25) is 0 Å². The molecule has 1 aliphatic rings. The van der Waals surface area contributed by atoms with Gasteiger partial charge in [-0.25, -0.2) is 4.79 Å². The summed E-state index contributed by atoms with van der Waals surface area (Å²) in [5, 5.41) is 0. The van der Waals surface area contributed by atoms with E-state index in [0.29, 0.717) is 18.6 Å². The van der Waals surface area contributed by atoms with Gasteiger partial charge in [0, 0.05) is 18.1 Å². The quantitative estimate of drug-likeness (QED) is 0.629. The predicted octanol–water partition coefficient (Wildman–Crippen LogP) is 3.42. The highest BCUT2D eigenvalue weighted by Gasteiger charge is 2.23. The molecule has 0 saturated heterocycles. The van der Waals surface area contributed by atoms with Crippen LogP contribution >= 0.6 is 0 Å². The average Bonchev–Trinajstić information content (AvgIpc) is 2.64. The molecule has 0 amide bonds. The molecular formula is C19H16O3. The Hall–Kier alpha value is -2.68. The van der Waals surface area contributed by atoms with Crippen molar-refractivity contribution in [3.8, 4) is 0 Å². The van der Waals surface area contributed by atoms with E-state index in [4.69, 9.17) is 4.74 Å². The van der Waals surface area contributed by atoms with Gasteiger partial charge in [-0.3, -0.25) is 4.79 Å². The van der Waals surface area contributed by atoms with Gasteiger partial charge in [-0.15, -0.1) is 0 Å². The van der Waals surface area contributed by atoms with E-state index in [1.165, 1.54) is 6.08 Å². The molecule has 0 saturated carbocycles. The largest absolute Gasteiger partial charge is 0.463 e. The number of rotatable bonds is 2. The first-order chi connectivity index (χ1) is 10.7. The number of hydrogen-bond acceptors (Lipinski definition) is 3. The highest BCUT2D eigenvalue weighted by Crippen LogP contribution is 2.33. The molecule has 0 fully saturated rings. The molecule has 0 N–H and O–H groups in total. The molecule has 3 rings (SSSR count). The van der Waals surface area contributed by atoms with E-state index in [-0.39, 0.29) is 5.78 Å². The molecule has 0 spiro atoms. The second-order valence-electron chi connectivity index (χ2n) is 5.11. The van der Waals surface area contributed by atoms with Crippen LogP contribution in [0.25, 0.3) is 5.57 Å². The number of ether oxygens (including phenoxy) is 1. The Kier molecular flexibility index (Phi) is 3.88. The van der Waals surface area contributed by atoms with Gasteiger partial charge in [-0.05, 0) is 29.2 Å². The third kappa shape index (κ3) is 2.58. The lowest BCUT2D eigenvalue weighted by Crippen LogP contribution is -2.04. The number of ketones is 1. The van der Waals surface area contributed by atoms with E-state index in [1.807, 2.05) is 48.5 Å². The third-order valence-corrected chi connectivity index (χ3v) is 3.72. The molecule has 22 heavy (non-hydrogen) atoms. The van der Waals surface area contributed by atoms with Gasteiger partial charge in [0.15, 0.2) is 5.78 Å². The molecule has 0 bridgehead atoms. The SMILES string of the molecule is CCOC(=O)/C=C1\c2ccccc2CC(=O)c2ccccc21. The maximum Gasteiger partial charge on any atom is 0.331 e. The topological polar surface area (TPSA) is 43.4 Å². The summed E-state index contributed by atoms with van der Waals surface area (Å²) in [5.74, 6) is -0.327. The summed E-state index contributed by atoms with van der Waals surface area (Å²) in [5.41, 5.74) is 4.02. The van der Waals surface area contributed by atoms with Crippen molar-refractivity contribution >= 4 is 17.3 Å². The molecule has 2 aromatic rings. The Morgan fingerprint density at radius 3 is 2.41 bits per heavy atom. The number of carbonyl (C=O) groups is 2. The summed E-state index contributed by atoms with van der Waals surface area (Å²) in [7, 11) is 0.